The van der Waals surface area contributed by atoms with Gasteiger partial charge in [0.15, 0.2) is 0 Å². The molecule has 1 atom stereocenters. The number of benzene rings is 3. The van der Waals surface area contributed by atoms with Gasteiger partial charge in [0, 0.05) is 30.7 Å². The highest BCUT2D eigenvalue weighted by molar-refractivity contribution is 9.10. The Kier molecular flexibility index (Phi) is 9.51. The van der Waals surface area contributed by atoms with Crippen molar-refractivity contribution in [2.75, 3.05) is 19.6 Å². The van der Waals surface area contributed by atoms with Crippen molar-refractivity contribution in [3.05, 3.63) is 93.0 Å². The third-order valence-corrected chi connectivity index (χ3v) is 9.65. The van der Waals surface area contributed by atoms with Crippen molar-refractivity contribution in [1.82, 2.24) is 9.21 Å². The topological polar surface area (TPSA) is 66.9 Å². The number of halogens is 1. The molecule has 208 valence electrons. The maximum Gasteiger partial charge on any atom is 0.243 e. The van der Waals surface area contributed by atoms with Crippen LogP contribution in [0.3, 0.4) is 0 Å². The van der Waals surface area contributed by atoms with Gasteiger partial charge in [0.2, 0.25) is 15.9 Å². The Bertz CT molecular complexity index is 1400. The molecule has 39 heavy (non-hydrogen) atoms. The SMILES string of the molecule is CCN(Cc1cc(C)c(OCc2cccc(C)c2)c(C)c1)C(=O)C1CCCN(S(=O)(=O)c2ccc(Br)cc2)C1. The monoisotopic (exact) mass is 612 g/mol. The lowest BCUT2D eigenvalue weighted by Gasteiger charge is -2.34. The minimum atomic E-state index is -3.65. The summed E-state index contributed by atoms with van der Waals surface area (Å²) < 4.78 is 34.9. The summed E-state index contributed by atoms with van der Waals surface area (Å²) in [6, 6.07) is 19.1. The van der Waals surface area contributed by atoms with Crippen LogP contribution in [0, 0.1) is 26.7 Å². The molecular formula is C31H37BrN2O4S. The number of carbonyl (C=O) groups is 1. The smallest absolute Gasteiger partial charge is 0.243 e. The molecule has 0 N–H and O–H groups in total. The van der Waals surface area contributed by atoms with Crippen molar-refractivity contribution in [3.63, 3.8) is 0 Å². The Balaban J connectivity index is 1.43. The minimum absolute atomic E-state index is 0.00304. The molecule has 1 amide bonds. The molecule has 0 saturated carbocycles. The Labute approximate surface area is 241 Å². The molecule has 1 aliphatic rings. The molecule has 1 aliphatic heterocycles. The van der Waals surface area contributed by atoms with E-state index in [0.29, 0.717) is 39.1 Å². The van der Waals surface area contributed by atoms with E-state index >= 15 is 0 Å². The molecule has 4 rings (SSSR count). The number of piperidine rings is 1. The second-order valence-corrected chi connectivity index (χ2v) is 13.2. The second kappa shape index (κ2) is 12.7. The van der Waals surface area contributed by atoms with Crippen LogP contribution in [-0.2, 0) is 28.0 Å². The van der Waals surface area contributed by atoms with Gasteiger partial charge < -0.3 is 9.64 Å². The fraction of sp³-hybridized carbons (Fsp3) is 0.387. The quantitative estimate of drug-likeness (QED) is 0.280. The summed E-state index contributed by atoms with van der Waals surface area (Å²) in [7, 11) is -3.65. The summed E-state index contributed by atoms with van der Waals surface area (Å²) in [6.07, 6.45) is 1.35. The predicted molar refractivity (Wildman–Crippen MR) is 158 cm³/mol. The normalized spacial score (nSPS) is 16.2. The average molecular weight is 614 g/mol. The lowest BCUT2D eigenvalue weighted by molar-refractivity contribution is -0.137. The summed E-state index contributed by atoms with van der Waals surface area (Å²) in [6.45, 7) is 10.3. The number of nitrogens with zero attached hydrogens (tertiary/aromatic N) is 2. The number of ether oxygens (including phenoxy) is 1. The van der Waals surface area contributed by atoms with E-state index in [1.807, 2.05) is 31.7 Å². The number of rotatable bonds is 9. The van der Waals surface area contributed by atoms with Gasteiger partial charge in [-0.2, -0.15) is 4.31 Å². The van der Waals surface area contributed by atoms with Gasteiger partial charge in [-0.1, -0.05) is 57.9 Å². The highest BCUT2D eigenvalue weighted by Crippen LogP contribution is 2.29. The van der Waals surface area contributed by atoms with Crippen LogP contribution in [0.4, 0.5) is 0 Å². The van der Waals surface area contributed by atoms with Crippen LogP contribution in [0.1, 0.15) is 47.6 Å². The van der Waals surface area contributed by atoms with E-state index in [9.17, 15) is 13.2 Å². The fourth-order valence-corrected chi connectivity index (χ4v) is 7.05. The lowest BCUT2D eigenvalue weighted by atomic mass is 9.97. The number of sulfonamides is 1. The number of hydrogen-bond acceptors (Lipinski definition) is 4. The zero-order valence-electron chi connectivity index (χ0n) is 23.1. The molecule has 0 aliphatic carbocycles. The molecule has 0 bridgehead atoms. The average Bonchev–Trinajstić information content (AvgIpc) is 2.91. The second-order valence-electron chi connectivity index (χ2n) is 10.3. The van der Waals surface area contributed by atoms with Crippen molar-refractivity contribution in [2.45, 2.75) is 58.6 Å². The van der Waals surface area contributed by atoms with E-state index in [2.05, 4.69) is 53.2 Å². The summed E-state index contributed by atoms with van der Waals surface area (Å²) in [4.78, 5) is 15.7. The van der Waals surface area contributed by atoms with Crippen LogP contribution in [0.5, 0.6) is 5.75 Å². The van der Waals surface area contributed by atoms with Crippen molar-refractivity contribution >= 4 is 31.9 Å². The highest BCUT2D eigenvalue weighted by atomic mass is 79.9. The zero-order valence-corrected chi connectivity index (χ0v) is 25.5. The Morgan fingerprint density at radius 1 is 1.03 bits per heavy atom. The first kappa shape index (κ1) is 29.3. The van der Waals surface area contributed by atoms with Crippen LogP contribution in [-0.4, -0.2) is 43.2 Å². The van der Waals surface area contributed by atoms with Gasteiger partial charge >= 0.3 is 0 Å². The predicted octanol–water partition coefficient (Wildman–Crippen LogP) is 6.40. The molecule has 1 fully saturated rings. The van der Waals surface area contributed by atoms with E-state index in [-0.39, 0.29) is 23.3 Å². The first-order valence-corrected chi connectivity index (χ1v) is 15.6. The van der Waals surface area contributed by atoms with Crippen LogP contribution < -0.4 is 4.74 Å². The van der Waals surface area contributed by atoms with Crippen LogP contribution in [0.25, 0.3) is 0 Å². The first-order chi connectivity index (χ1) is 18.6. The Morgan fingerprint density at radius 3 is 2.36 bits per heavy atom. The summed E-state index contributed by atoms with van der Waals surface area (Å²) >= 11 is 3.35. The maximum atomic E-state index is 13.6. The zero-order chi connectivity index (χ0) is 28.2. The van der Waals surface area contributed by atoms with Gasteiger partial charge in [0.25, 0.3) is 0 Å². The summed E-state index contributed by atoms with van der Waals surface area (Å²) in [5, 5.41) is 0. The molecule has 0 spiro atoms. The Morgan fingerprint density at radius 2 is 1.72 bits per heavy atom. The van der Waals surface area contributed by atoms with E-state index < -0.39 is 10.0 Å². The number of amides is 1. The Hall–Kier alpha value is -2.68. The summed E-state index contributed by atoms with van der Waals surface area (Å²) in [5.41, 5.74) is 5.44. The largest absolute Gasteiger partial charge is 0.488 e. The molecule has 1 unspecified atom stereocenters. The van der Waals surface area contributed by atoms with Crippen molar-refractivity contribution in [3.8, 4) is 5.75 Å². The third kappa shape index (κ3) is 7.10. The number of carbonyl (C=O) groups excluding carboxylic acids is 1. The van der Waals surface area contributed by atoms with Gasteiger partial charge in [-0.25, -0.2) is 8.42 Å². The molecule has 3 aromatic carbocycles. The summed E-state index contributed by atoms with van der Waals surface area (Å²) in [5.74, 6) is 0.516. The van der Waals surface area contributed by atoms with Gasteiger partial charge in [-0.3, -0.25) is 4.79 Å². The van der Waals surface area contributed by atoms with Crippen LogP contribution in [0.2, 0.25) is 0 Å². The molecule has 0 radical (unpaired) electrons. The van der Waals surface area contributed by atoms with E-state index in [4.69, 9.17) is 4.74 Å². The van der Waals surface area contributed by atoms with Crippen molar-refractivity contribution in [2.24, 2.45) is 5.92 Å². The fourth-order valence-electron chi connectivity index (χ4n) is 5.26. The van der Waals surface area contributed by atoms with Gasteiger partial charge in [-0.15, -0.1) is 0 Å². The molecule has 1 saturated heterocycles. The van der Waals surface area contributed by atoms with E-state index in [1.54, 1.807) is 24.3 Å². The minimum Gasteiger partial charge on any atom is -0.488 e. The van der Waals surface area contributed by atoms with Crippen LogP contribution >= 0.6 is 15.9 Å². The van der Waals surface area contributed by atoms with Crippen molar-refractivity contribution in [1.29, 1.82) is 0 Å². The van der Waals surface area contributed by atoms with E-state index in [0.717, 1.165) is 32.5 Å². The molecule has 8 heteroatoms. The first-order valence-electron chi connectivity index (χ1n) is 13.4. The lowest BCUT2D eigenvalue weighted by Crippen LogP contribution is -2.46. The third-order valence-electron chi connectivity index (χ3n) is 7.24. The molecule has 6 nitrogen and oxygen atoms in total. The van der Waals surface area contributed by atoms with E-state index in [1.165, 1.54) is 9.87 Å². The van der Waals surface area contributed by atoms with Crippen LogP contribution in [0.15, 0.2) is 70.0 Å². The van der Waals surface area contributed by atoms with Gasteiger partial charge in [0.1, 0.15) is 12.4 Å². The molecule has 3 aromatic rings. The molecule has 0 aromatic heterocycles. The highest BCUT2D eigenvalue weighted by Gasteiger charge is 2.35. The van der Waals surface area contributed by atoms with Gasteiger partial charge in [0.05, 0.1) is 10.8 Å². The molecule has 1 heterocycles. The number of aryl methyl sites for hydroxylation is 3. The van der Waals surface area contributed by atoms with Crippen molar-refractivity contribution < 1.29 is 17.9 Å². The molecular weight excluding hydrogens is 576 g/mol. The standard InChI is InChI=1S/C31H37BrN2O4S/c1-5-33(19-26-17-23(3)30(24(4)18-26)38-21-25-9-6-8-22(2)16-25)31(35)27-10-7-15-34(20-27)39(36,37)29-13-11-28(32)12-14-29/h6,8-9,11-14,16-18,27H,5,7,10,15,19-21H2,1-4H3. The maximum absolute atomic E-state index is 13.6. The number of hydrogen-bond donors (Lipinski definition) is 0. The van der Waals surface area contributed by atoms with Gasteiger partial charge in [-0.05, 0) is 87.1 Å².